The van der Waals surface area contributed by atoms with Gasteiger partial charge >= 0.3 is 0 Å². The van der Waals surface area contributed by atoms with Gasteiger partial charge in [0.15, 0.2) is 0 Å². The zero-order chi connectivity index (χ0) is 9.31. The van der Waals surface area contributed by atoms with Crippen molar-refractivity contribution in [1.82, 2.24) is 0 Å². The Balaban J connectivity index is 2.01. The first-order valence-corrected chi connectivity index (χ1v) is 5.17. The first-order chi connectivity index (χ1) is 6.28. The number of nitrogens with two attached hydrogens (primary N) is 1. The van der Waals surface area contributed by atoms with Crippen molar-refractivity contribution in [2.75, 3.05) is 20.3 Å². The molecular weight excluding hydrogens is 166 g/mol. The minimum absolute atomic E-state index is 0.175. The quantitative estimate of drug-likeness (QED) is 0.711. The van der Waals surface area contributed by atoms with Gasteiger partial charge in [-0.05, 0) is 18.8 Å². The summed E-state index contributed by atoms with van der Waals surface area (Å²) in [6.45, 7) is 1.48. The van der Waals surface area contributed by atoms with Gasteiger partial charge in [0.1, 0.15) is 5.60 Å². The monoisotopic (exact) mass is 185 g/mol. The van der Waals surface area contributed by atoms with Gasteiger partial charge in [0.05, 0.1) is 6.61 Å². The van der Waals surface area contributed by atoms with E-state index in [4.69, 9.17) is 15.2 Å². The van der Waals surface area contributed by atoms with Gasteiger partial charge in [0, 0.05) is 26.2 Å². The summed E-state index contributed by atoms with van der Waals surface area (Å²) in [4.78, 5) is 0. The van der Waals surface area contributed by atoms with Crippen LogP contribution in [0.25, 0.3) is 0 Å². The molecule has 0 aromatic carbocycles. The van der Waals surface area contributed by atoms with Crippen LogP contribution in [0.3, 0.4) is 0 Å². The maximum absolute atomic E-state index is 6.22. The predicted octanol–water partition coefficient (Wildman–Crippen LogP) is 0.919. The van der Waals surface area contributed by atoms with E-state index in [9.17, 15) is 0 Å². The van der Waals surface area contributed by atoms with Gasteiger partial charge in [0.2, 0.25) is 0 Å². The van der Waals surface area contributed by atoms with Crippen LogP contribution in [0.5, 0.6) is 0 Å². The van der Waals surface area contributed by atoms with Crippen molar-refractivity contribution in [1.29, 1.82) is 0 Å². The first kappa shape index (κ1) is 9.44. The van der Waals surface area contributed by atoms with Crippen molar-refractivity contribution in [3.63, 3.8) is 0 Å². The van der Waals surface area contributed by atoms with Crippen LogP contribution in [0.4, 0.5) is 0 Å². The Morgan fingerprint density at radius 2 is 2.31 bits per heavy atom. The van der Waals surface area contributed by atoms with Crippen LogP contribution in [0, 0.1) is 5.92 Å². The molecule has 2 unspecified atom stereocenters. The van der Waals surface area contributed by atoms with Crippen molar-refractivity contribution in [2.24, 2.45) is 11.7 Å². The average Bonchev–Trinajstić information content (AvgIpc) is 2.49. The molecule has 2 fully saturated rings. The van der Waals surface area contributed by atoms with Crippen molar-refractivity contribution in [2.45, 2.75) is 37.3 Å². The fourth-order valence-electron chi connectivity index (χ4n) is 2.35. The van der Waals surface area contributed by atoms with Gasteiger partial charge in [0.25, 0.3) is 0 Å². The Bertz CT molecular complexity index is 174. The summed E-state index contributed by atoms with van der Waals surface area (Å²) in [6, 6.07) is 0.175. The molecule has 1 aliphatic carbocycles. The smallest absolute Gasteiger partial charge is 0.108 e. The van der Waals surface area contributed by atoms with E-state index in [1.807, 2.05) is 0 Å². The van der Waals surface area contributed by atoms with Crippen LogP contribution >= 0.6 is 0 Å². The van der Waals surface area contributed by atoms with Crippen molar-refractivity contribution >= 4 is 0 Å². The van der Waals surface area contributed by atoms with Gasteiger partial charge in [-0.15, -0.1) is 0 Å². The third-order valence-electron chi connectivity index (χ3n) is 3.69. The second-order valence-electron chi connectivity index (χ2n) is 4.29. The molecule has 1 saturated heterocycles. The lowest BCUT2D eigenvalue weighted by molar-refractivity contribution is -0.0583. The molecule has 76 valence electrons. The summed E-state index contributed by atoms with van der Waals surface area (Å²) in [5.41, 5.74) is 6.05. The maximum atomic E-state index is 6.22. The molecule has 0 aromatic heterocycles. The summed E-state index contributed by atoms with van der Waals surface area (Å²) in [5.74, 6) is 0.668. The molecular formula is C10H19NO2. The Kier molecular flexibility index (Phi) is 2.58. The van der Waals surface area contributed by atoms with Gasteiger partial charge in [-0.3, -0.25) is 0 Å². The fourth-order valence-corrected chi connectivity index (χ4v) is 2.35. The van der Waals surface area contributed by atoms with E-state index < -0.39 is 0 Å². The summed E-state index contributed by atoms with van der Waals surface area (Å²) in [5, 5.41) is 0. The minimum atomic E-state index is -0.176. The van der Waals surface area contributed by atoms with Crippen LogP contribution in [0.2, 0.25) is 0 Å². The molecule has 1 saturated carbocycles. The molecule has 0 spiro atoms. The summed E-state index contributed by atoms with van der Waals surface area (Å²) < 4.78 is 11.0. The molecule has 0 aromatic rings. The third-order valence-corrected chi connectivity index (χ3v) is 3.69. The van der Waals surface area contributed by atoms with Gasteiger partial charge in [-0.2, -0.15) is 0 Å². The zero-order valence-electron chi connectivity index (χ0n) is 8.29. The number of ether oxygens (including phenoxy) is 2. The molecule has 3 nitrogen and oxygen atoms in total. The van der Waals surface area contributed by atoms with Crippen LogP contribution in [0.15, 0.2) is 0 Å². The average molecular weight is 185 g/mol. The van der Waals surface area contributed by atoms with E-state index in [0.29, 0.717) is 12.5 Å². The first-order valence-electron chi connectivity index (χ1n) is 5.17. The highest BCUT2D eigenvalue weighted by atomic mass is 16.5. The number of methoxy groups -OCH3 is 1. The Morgan fingerprint density at radius 3 is 2.69 bits per heavy atom. The highest BCUT2D eigenvalue weighted by Gasteiger charge is 2.45. The number of hydrogen-bond acceptors (Lipinski definition) is 3. The van der Waals surface area contributed by atoms with E-state index in [1.165, 1.54) is 19.3 Å². The van der Waals surface area contributed by atoms with E-state index >= 15 is 0 Å². The molecule has 1 aliphatic heterocycles. The van der Waals surface area contributed by atoms with Gasteiger partial charge < -0.3 is 15.2 Å². The molecule has 1 heterocycles. The van der Waals surface area contributed by atoms with Crippen molar-refractivity contribution in [3.05, 3.63) is 0 Å². The standard InChI is InChI=1S/C10H19NO2/c1-12-10(5-6-13-7-10)9(11)8-3-2-4-8/h8-9H,2-7,11H2,1H3. The van der Waals surface area contributed by atoms with Crippen LogP contribution in [-0.2, 0) is 9.47 Å². The highest BCUT2D eigenvalue weighted by Crippen LogP contribution is 2.37. The second kappa shape index (κ2) is 3.56. The lowest BCUT2D eigenvalue weighted by Crippen LogP contribution is -2.55. The summed E-state index contributed by atoms with van der Waals surface area (Å²) in [7, 11) is 1.76. The predicted molar refractivity (Wildman–Crippen MR) is 50.5 cm³/mol. The zero-order valence-corrected chi connectivity index (χ0v) is 8.29. The molecule has 2 N–H and O–H groups in total. The minimum Gasteiger partial charge on any atom is -0.378 e. The molecule has 2 aliphatic rings. The molecule has 2 atom stereocenters. The van der Waals surface area contributed by atoms with Crippen LogP contribution in [0.1, 0.15) is 25.7 Å². The molecule has 0 radical (unpaired) electrons. The molecule has 0 amide bonds. The van der Waals surface area contributed by atoms with Crippen molar-refractivity contribution < 1.29 is 9.47 Å². The lowest BCUT2D eigenvalue weighted by Gasteiger charge is -2.41. The Hall–Kier alpha value is -0.120. The lowest BCUT2D eigenvalue weighted by atomic mass is 9.73. The van der Waals surface area contributed by atoms with Crippen LogP contribution < -0.4 is 5.73 Å². The van der Waals surface area contributed by atoms with Crippen LogP contribution in [-0.4, -0.2) is 32.0 Å². The van der Waals surface area contributed by atoms with E-state index in [2.05, 4.69) is 0 Å². The highest BCUT2D eigenvalue weighted by molar-refractivity contribution is 4.99. The Morgan fingerprint density at radius 1 is 1.54 bits per heavy atom. The largest absolute Gasteiger partial charge is 0.378 e. The fraction of sp³-hybridized carbons (Fsp3) is 1.00. The SMILES string of the molecule is COC1(C(N)C2CCC2)CCOC1. The Labute approximate surface area is 79.6 Å². The topological polar surface area (TPSA) is 44.5 Å². The van der Waals surface area contributed by atoms with E-state index in [-0.39, 0.29) is 11.6 Å². The molecule has 0 bridgehead atoms. The third kappa shape index (κ3) is 1.49. The summed E-state index contributed by atoms with van der Waals surface area (Å²) >= 11 is 0. The van der Waals surface area contributed by atoms with Gasteiger partial charge in [-0.25, -0.2) is 0 Å². The molecule has 3 heteroatoms. The molecule has 2 rings (SSSR count). The number of rotatable bonds is 3. The summed E-state index contributed by atoms with van der Waals surface area (Å²) in [6.07, 6.45) is 4.83. The number of hydrogen-bond donors (Lipinski definition) is 1. The normalized spacial score (nSPS) is 37.4. The van der Waals surface area contributed by atoms with E-state index in [1.54, 1.807) is 7.11 Å². The molecule has 13 heavy (non-hydrogen) atoms. The van der Waals surface area contributed by atoms with Gasteiger partial charge in [-0.1, -0.05) is 6.42 Å². The second-order valence-corrected chi connectivity index (χ2v) is 4.29. The van der Waals surface area contributed by atoms with E-state index in [0.717, 1.165) is 13.0 Å². The van der Waals surface area contributed by atoms with Crippen molar-refractivity contribution in [3.8, 4) is 0 Å². The maximum Gasteiger partial charge on any atom is 0.108 e.